The number of nitrogens with one attached hydrogen (secondary N) is 1. The van der Waals surface area contributed by atoms with Crippen molar-refractivity contribution in [3.8, 4) is 11.3 Å². The van der Waals surface area contributed by atoms with Gasteiger partial charge < -0.3 is 9.52 Å². The van der Waals surface area contributed by atoms with Gasteiger partial charge in [0.15, 0.2) is 5.11 Å². The van der Waals surface area contributed by atoms with E-state index in [1.54, 1.807) is 24.3 Å². The highest BCUT2D eigenvalue weighted by Gasteiger charge is 2.35. The van der Waals surface area contributed by atoms with Gasteiger partial charge in [0, 0.05) is 10.0 Å². The Bertz CT molecular complexity index is 1380. The van der Waals surface area contributed by atoms with Crippen LogP contribution in [0.5, 0.6) is 0 Å². The van der Waals surface area contributed by atoms with E-state index in [-0.39, 0.29) is 27.8 Å². The number of thiocarbonyl (C=S) groups is 1. The number of anilines is 1. The Morgan fingerprint density at radius 2 is 1.94 bits per heavy atom. The van der Waals surface area contributed by atoms with E-state index in [2.05, 4.69) is 21.2 Å². The molecule has 33 heavy (non-hydrogen) atoms. The summed E-state index contributed by atoms with van der Waals surface area (Å²) in [5.74, 6) is -1.86. The number of benzene rings is 2. The zero-order chi connectivity index (χ0) is 23.9. The number of aromatic carboxylic acids is 1. The highest BCUT2D eigenvalue weighted by Crippen LogP contribution is 2.32. The first kappa shape index (κ1) is 22.9. The summed E-state index contributed by atoms with van der Waals surface area (Å²) in [4.78, 5) is 38.3. The van der Waals surface area contributed by atoms with Gasteiger partial charge in [-0.25, -0.2) is 4.79 Å². The molecule has 0 bridgehead atoms. The number of hydrogen-bond donors (Lipinski definition) is 2. The molecule has 1 saturated heterocycles. The molecule has 4 rings (SSSR count). The first-order valence-corrected chi connectivity index (χ1v) is 11.0. The standard InChI is InChI=1S/C23H14BrClN2O5S/c1-11-8-13(24)3-6-18(11)27-21(29)16(20(28)26-23(27)33)10-14-4-7-19(32-14)15-9-12(22(30)31)2-5-17(15)25/h2-10H,1H3,(H,30,31)(H,26,28,33)/b16-10+. The van der Waals surface area contributed by atoms with Crippen molar-refractivity contribution in [1.29, 1.82) is 0 Å². The molecule has 1 aliphatic heterocycles. The molecule has 0 aliphatic carbocycles. The van der Waals surface area contributed by atoms with E-state index in [1.807, 2.05) is 13.0 Å². The number of carbonyl (C=O) groups excluding carboxylic acids is 2. The van der Waals surface area contributed by atoms with Gasteiger partial charge in [0.25, 0.3) is 11.8 Å². The number of halogens is 2. The van der Waals surface area contributed by atoms with Crippen molar-refractivity contribution in [2.24, 2.45) is 0 Å². The molecule has 2 aromatic carbocycles. The van der Waals surface area contributed by atoms with E-state index in [9.17, 15) is 19.5 Å². The van der Waals surface area contributed by atoms with Crippen molar-refractivity contribution in [2.75, 3.05) is 4.90 Å². The van der Waals surface area contributed by atoms with Gasteiger partial charge in [0.05, 0.1) is 16.3 Å². The number of hydrogen-bond acceptors (Lipinski definition) is 5. The minimum absolute atomic E-state index is 0.0232. The SMILES string of the molecule is Cc1cc(Br)ccc1N1C(=O)/C(=C/c2ccc(-c3cc(C(=O)O)ccc3Cl)o2)C(=O)NC1=S. The lowest BCUT2D eigenvalue weighted by Gasteiger charge is -2.29. The zero-order valence-electron chi connectivity index (χ0n) is 16.9. The van der Waals surface area contributed by atoms with E-state index >= 15 is 0 Å². The first-order chi connectivity index (χ1) is 15.7. The smallest absolute Gasteiger partial charge is 0.335 e. The van der Waals surface area contributed by atoms with E-state index in [1.165, 1.54) is 29.2 Å². The Morgan fingerprint density at radius 1 is 1.18 bits per heavy atom. The number of rotatable bonds is 4. The molecule has 0 spiro atoms. The molecule has 0 atom stereocenters. The molecule has 0 unspecified atom stereocenters. The average molecular weight is 546 g/mol. The predicted molar refractivity (Wildman–Crippen MR) is 131 cm³/mol. The Balaban J connectivity index is 1.71. The lowest BCUT2D eigenvalue weighted by molar-refractivity contribution is -0.122. The number of nitrogens with zero attached hydrogens (tertiary/aromatic N) is 1. The van der Waals surface area contributed by atoms with Crippen LogP contribution in [0.4, 0.5) is 5.69 Å². The summed E-state index contributed by atoms with van der Waals surface area (Å²) >= 11 is 14.8. The molecular weight excluding hydrogens is 532 g/mol. The van der Waals surface area contributed by atoms with Crippen LogP contribution in [-0.4, -0.2) is 28.0 Å². The maximum absolute atomic E-state index is 13.2. The summed E-state index contributed by atoms with van der Waals surface area (Å²) in [6.07, 6.45) is 1.30. The molecule has 1 fully saturated rings. The van der Waals surface area contributed by atoms with Crippen molar-refractivity contribution >= 4 is 74.4 Å². The molecule has 2 N–H and O–H groups in total. The maximum Gasteiger partial charge on any atom is 0.335 e. The van der Waals surface area contributed by atoms with Crippen LogP contribution in [0.3, 0.4) is 0 Å². The van der Waals surface area contributed by atoms with Crippen LogP contribution in [0.25, 0.3) is 17.4 Å². The normalized spacial score (nSPS) is 15.2. The van der Waals surface area contributed by atoms with Crippen molar-refractivity contribution in [1.82, 2.24) is 5.32 Å². The molecule has 7 nitrogen and oxygen atoms in total. The van der Waals surface area contributed by atoms with Crippen LogP contribution in [0.2, 0.25) is 5.02 Å². The fraction of sp³-hybridized carbons (Fsp3) is 0.0435. The molecule has 1 aliphatic rings. The number of aryl methyl sites for hydroxylation is 1. The molecule has 2 amide bonds. The van der Waals surface area contributed by atoms with E-state index in [0.29, 0.717) is 16.3 Å². The van der Waals surface area contributed by atoms with Crippen molar-refractivity contribution in [3.05, 3.63) is 80.5 Å². The Kier molecular flexibility index (Phi) is 6.20. The van der Waals surface area contributed by atoms with Crippen molar-refractivity contribution < 1.29 is 23.9 Å². The lowest BCUT2D eigenvalue weighted by Crippen LogP contribution is -2.54. The number of furan rings is 1. The Hall–Kier alpha value is -3.27. The fourth-order valence-electron chi connectivity index (χ4n) is 3.31. The third-order valence-corrected chi connectivity index (χ3v) is 6.00. The van der Waals surface area contributed by atoms with Crippen LogP contribution in [0.1, 0.15) is 21.7 Å². The number of carboxylic acid groups (broad SMARTS) is 1. The molecule has 10 heteroatoms. The second kappa shape index (κ2) is 8.93. The van der Waals surface area contributed by atoms with Gasteiger partial charge in [-0.2, -0.15) is 0 Å². The predicted octanol–water partition coefficient (Wildman–Crippen LogP) is 5.20. The molecule has 166 valence electrons. The number of carboxylic acids is 1. The molecular formula is C23H14BrClN2O5S. The minimum Gasteiger partial charge on any atom is -0.478 e. The summed E-state index contributed by atoms with van der Waals surface area (Å²) in [6, 6.07) is 12.7. The fourth-order valence-corrected chi connectivity index (χ4v) is 4.27. The van der Waals surface area contributed by atoms with Gasteiger partial charge in [-0.05, 0) is 79.3 Å². The van der Waals surface area contributed by atoms with Gasteiger partial charge in [-0.15, -0.1) is 0 Å². The highest BCUT2D eigenvalue weighted by molar-refractivity contribution is 9.10. The van der Waals surface area contributed by atoms with Crippen LogP contribution in [-0.2, 0) is 9.59 Å². The topological polar surface area (TPSA) is 99.8 Å². The van der Waals surface area contributed by atoms with Gasteiger partial charge in [0.2, 0.25) is 0 Å². The van der Waals surface area contributed by atoms with E-state index in [0.717, 1.165) is 10.0 Å². The van der Waals surface area contributed by atoms with E-state index < -0.39 is 17.8 Å². The summed E-state index contributed by atoms with van der Waals surface area (Å²) in [6.45, 7) is 1.82. The summed E-state index contributed by atoms with van der Waals surface area (Å²) in [5.41, 5.74) is 1.56. The van der Waals surface area contributed by atoms with Crippen molar-refractivity contribution in [3.63, 3.8) is 0 Å². The summed E-state index contributed by atoms with van der Waals surface area (Å²) < 4.78 is 6.59. The molecule has 1 aromatic heterocycles. The quantitative estimate of drug-likeness (QED) is 0.266. The monoisotopic (exact) mass is 544 g/mol. The number of amides is 2. The molecule has 0 saturated carbocycles. The third-order valence-electron chi connectivity index (χ3n) is 4.89. The van der Waals surface area contributed by atoms with Gasteiger partial charge in [-0.3, -0.25) is 19.8 Å². The summed E-state index contributed by atoms with van der Waals surface area (Å²) in [5, 5.41) is 12.0. The Morgan fingerprint density at radius 3 is 2.64 bits per heavy atom. The second-order valence-corrected chi connectivity index (χ2v) is 8.80. The van der Waals surface area contributed by atoms with Crippen molar-refractivity contribution in [2.45, 2.75) is 6.92 Å². The maximum atomic E-state index is 13.2. The van der Waals surface area contributed by atoms with E-state index in [4.69, 9.17) is 28.2 Å². The average Bonchev–Trinajstić information content (AvgIpc) is 3.21. The van der Waals surface area contributed by atoms with Crippen LogP contribution >= 0.6 is 39.7 Å². The number of carbonyl (C=O) groups is 3. The molecule has 0 radical (unpaired) electrons. The summed E-state index contributed by atoms with van der Waals surface area (Å²) in [7, 11) is 0. The highest BCUT2D eigenvalue weighted by atomic mass is 79.9. The van der Waals surface area contributed by atoms with Crippen LogP contribution in [0, 0.1) is 6.92 Å². The Labute approximate surface area is 206 Å². The zero-order valence-corrected chi connectivity index (χ0v) is 20.0. The van der Waals surface area contributed by atoms with Gasteiger partial charge >= 0.3 is 5.97 Å². The molecule has 3 aromatic rings. The van der Waals surface area contributed by atoms with Crippen LogP contribution < -0.4 is 10.2 Å². The second-order valence-electron chi connectivity index (χ2n) is 7.09. The van der Waals surface area contributed by atoms with Gasteiger partial charge in [0.1, 0.15) is 17.1 Å². The lowest BCUT2D eigenvalue weighted by atomic mass is 10.1. The van der Waals surface area contributed by atoms with Crippen LogP contribution in [0.15, 0.2) is 63.0 Å². The molecule has 2 heterocycles. The van der Waals surface area contributed by atoms with Gasteiger partial charge in [-0.1, -0.05) is 27.5 Å². The largest absolute Gasteiger partial charge is 0.478 e. The first-order valence-electron chi connectivity index (χ1n) is 9.46. The minimum atomic E-state index is -1.11. The third kappa shape index (κ3) is 4.47.